The van der Waals surface area contributed by atoms with E-state index in [2.05, 4.69) is 0 Å². The molecule has 0 heterocycles. The fraction of sp³-hybridized carbons (Fsp3) is 0.333. The van der Waals surface area contributed by atoms with Crippen LogP contribution in [0.2, 0.25) is 0 Å². The van der Waals surface area contributed by atoms with Gasteiger partial charge in [-0.15, -0.1) is 0 Å². The predicted molar refractivity (Wildman–Crippen MR) is 60.5 cm³/mol. The number of benzene rings is 1. The summed E-state index contributed by atoms with van der Waals surface area (Å²) in [5, 5.41) is -1.98. The van der Waals surface area contributed by atoms with Crippen LogP contribution in [0.3, 0.4) is 0 Å². The molecule has 0 radical (unpaired) electrons. The predicted octanol–water partition coefficient (Wildman–Crippen LogP) is 3.53. The zero-order valence-electron chi connectivity index (χ0n) is 9.94. The Labute approximate surface area is 111 Å². The summed E-state index contributed by atoms with van der Waals surface area (Å²) >= 11 is 4.74. The molecule has 1 rings (SSSR count). The van der Waals surface area contributed by atoms with Gasteiger partial charge in [0.2, 0.25) is 5.78 Å². The van der Waals surface area contributed by atoms with Crippen LogP contribution in [0.1, 0.15) is 23.6 Å². The number of halogens is 5. The van der Waals surface area contributed by atoms with Gasteiger partial charge in [-0.3, -0.25) is 9.59 Å². The molecule has 0 unspecified atom stereocenters. The number of alkyl halides is 4. The SMILES string of the molecule is CC(=O)C(F)(F)c1cc(C)cc(C(F)(F)C(=O)Cl)c1. The maximum atomic E-state index is 13.5. The van der Waals surface area contributed by atoms with E-state index in [1.165, 1.54) is 6.92 Å². The highest BCUT2D eigenvalue weighted by Gasteiger charge is 2.43. The standard InChI is InChI=1S/C12H9ClF4O2/c1-6-3-8(11(14,15)7(2)18)5-9(4-6)12(16,17)10(13)19/h3-5H,1-2H3. The van der Waals surface area contributed by atoms with Gasteiger partial charge in [-0.25, -0.2) is 0 Å². The van der Waals surface area contributed by atoms with E-state index in [1.807, 2.05) is 0 Å². The molecule has 0 aromatic heterocycles. The van der Waals surface area contributed by atoms with E-state index >= 15 is 0 Å². The summed E-state index contributed by atoms with van der Waals surface area (Å²) in [4.78, 5) is 21.5. The molecular weight excluding hydrogens is 288 g/mol. The third kappa shape index (κ3) is 2.94. The molecular formula is C12H9ClF4O2. The van der Waals surface area contributed by atoms with Gasteiger partial charge in [0.25, 0.3) is 5.24 Å². The maximum absolute atomic E-state index is 13.5. The van der Waals surface area contributed by atoms with E-state index in [1.54, 1.807) is 0 Å². The van der Waals surface area contributed by atoms with Gasteiger partial charge in [-0.1, -0.05) is 5.56 Å². The molecule has 1 aromatic carbocycles. The Balaban J connectivity index is 3.46. The fourth-order valence-electron chi connectivity index (χ4n) is 1.46. The topological polar surface area (TPSA) is 34.1 Å². The Bertz CT molecular complexity index is 496. The van der Waals surface area contributed by atoms with Crippen molar-refractivity contribution in [2.45, 2.75) is 25.7 Å². The van der Waals surface area contributed by atoms with Crippen molar-refractivity contribution in [3.8, 4) is 0 Å². The number of carbonyl (C=O) groups is 2. The second-order valence-electron chi connectivity index (χ2n) is 4.07. The van der Waals surface area contributed by atoms with Crippen LogP contribution in [0, 0.1) is 6.92 Å². The molecule has 0 saturated carbocycles. The summed E-state index contributed by atoms with van der Waals surface area (Å²) in [6, 6.07) is 2.17. The Morgan fingerprint density at radius 3 is 1.79 bits per heavy atom. The van der Waals surface area contributed by atoms with Crippen LogP contribution in [-0.4, -0.2) is 11.0 Å². The van der Waals surface area contributed by atoms with Crippen LogP contribution >= 0.6 is 11.6 Å². The van der Waals surface area contributed by atoms with Crippen molar-refractivity contribution in [3.63, 3.8) is 0 Å². The van der Waals surface area contributed by atoms with Gasteiger partial charge in [0, 0.05) is 18.1 Å². The molecule has 0 atom stereocenters. The third-order valence-electron chi connectivity index (χ3n) is 2.49. The summed E-state index contributed by atoms with van der Waals surface area (Å²) in [5.41, 5.74) is -1.80. The van der Waals surface area contributed by atoms with Gasteiger partial charge in [-0.05, 0) is 36.7 Å². The second-order valence-corrected chi connectivity index (χ2v) is 4.41. The number of carbonyl (C=O) groups excluding carboxylic acids is 2. The number of hydrogen-bond acceptors (Lipinski definition) is 2. The molecule has 0 aliphatic heterocycles. The van der Waals surface area contributed by atoms with Crippen LogP contribution in [-0.2, 0) is 21.4 Å². The maximum Gasteiger partial charge on any atom is 0.345 e. The monoisotopic (exact) mass is 296 g/mol. The van der Waals surface area contributed by atoms with Crippen molar-refractivity contribution >= 4 is 22.6 Å². The lowest BCUT2D eigenvalue weighted by Crippen LogP contribution is -2.26. The van der Waals surface area contributed by atoms with Gasteiger partial charge in [0.05, 0.1) is 0 Å². The first-order valence-electron chi connectivity index (χ1n) is 5.09. The summed E-state index contributed by atoms with van der Waals surface area (Å²) in [6.07, 6.45) is 0. The lowest BCUT2D eigenvalue weighted by Gasteiger charge is -2.18. The molecule has 0 N–H and O–H groups in total. The molecule has 0 amide bonds. The van der Waals surface area contributed by atoms with E-state index in [9.17, 15) is 27.2 Å². The van der Waals surface area contributed by atoms with Crippen molar-refractivity contribution in [1.29, 1.82) is 0 Å². The van der Waals surface area contributed by atoms with Crippen LogP contribution in [0.5, 0.6) is 0 Å². The molecule has 0 aliphatic rings. The molecule has 0 spiro atoms. The quantitative estimate of drug-likeness (QED) is 0.629. The molecule has 0 saturated heterocycles. The Morgan fingerprint density at radius 1 is 1.00 bits per heavy atom. The average molecular weight is 297 g/mol. The molecule has 19 heavy (non-hydrogen) atoms. The van der Waals surface area contributed by atoms with Crippen molar-refractivity contribution in [3.05, 3.63) is 34.9 Å². The van der Waals surface area contributed by atoms with E-state index in [-0.39, 0.29) is 5.56 Å². The highest BCUT2D eigenvalue weighted by Crippen LogP contribution is 2.36. The van der Waals surface area contributed by atoms with Gasteiger partial charge in [-0.2, -0.15) is 17.6 Å². The summed E-state index contributed by atoms with van der Waals surface area (Å²) in [6.45, 7) is 1.94. The van der Waals surface area contributed by atoms with Crippen molar-refractivity contribution in [2.24, 2.45) is 0 Å². The average Bonchev–Trinajstić information content (AvgIpc) is 2.27. The first-order valence-corrected chi connectivity index (χ1v) is 5.46. The van der Waals surface area contributed by atoms with Crippen LogP contribution in [0.4, 0.5) is 17.6 Å². The molecule has 104 valence electrons. The van der Waals surface area contributed by atoms with Gasteiger partial charge >= 0.3 is 11.8 Å². The Kier molecular flexibility index (Phi) is 4.05. The molecule has 1 aromatic rings. The minimum Gasteiger partial charge on any atom is -0.293 e. The largest absolute Gasteiger partial charge is 0.345 e. The van der Waals surface area contributed by atoms with Gasteiger partial charge in [0.1, 0.15) is 0 Å². The normalized spacial score (nSPS) is 12.4. The van der Waals surface area contributed by atoms with Crippen molar-refractivity contribution < 1.29 is 27.2 Å². The highest BCUT2D eigenvalue weighted by molar-refractivity contribution is 6.65. The smallest absolute Gasteiger partial charge is 0.293 e. The minimum absolute atomic E-state index is 0.0611. The van der Waals surface area contributed by atoms with Crippen LogP contribution in [0.25, 0.3) is 0 Å². The Morgan fingerprint density at radius 2 is 1.42 bits per heavy atom. The van der Waals surface area contributed by atoms with Gasteiger partial charge in [0.15, 0.2) is 0 Å². The number of hydrogen-bond donors (Lipinski definition) is 0. The Hall–Kier alpha value is -1.43. The highest BCUT2D eigenvalue weighted by atomic mass is 35.5. The zero-order chi connectivity index (χ0) is 15.0. The number of rotatable bonds is 4. The molecule has 0 aliphatic carbocycles. The van der Waals surface area contributed by atoms with Crippen LogP contribution in [0.15, 0.2) is 18.2 Å². The van der Waals surface area contributed by atoms with Gasteiger partial charge < -0.3 is 0 Å². The zero-order valence-corrected chi connectivity index (χ0v) is 10.7. The third-order valence-corrected chi connectivity index (χ3v) is 2.73. The number of ketones is 1. The van der Waals surface area contributed by atoms with E-state index in [0.717, 1.165) is 12.1 Å². The molecule has 2 nitrogen and oxygen atoms in total. The van der Waals surface area contributed by atoms with Crippen LogP contribution < -0.4 is 0 Å². The van der Waals surface area contributed by atoms with E-state index < -0.39 is 34.0 Å². The van der Waals surface area contributed by atoms with Crippen molar-refractivity contribution in [2.75, 3.05) is 0 Å². The number of Topliss-reactive ketones (excluding diaryl/α,β-unsaturated/α-hetero) is 1. The first-order chi connectivity index (χ1) is 8.49. The van der Waals surface area contributed by atoms with E-state index in [0.29, 0.717) is 13.0 Å². The molecule has 0 bridgehead atoms. The lowest BCUT2D eigenvalue weighted by molar-refractivity contribution is -0.142. The number of aryl methyl sites for hydroxylation is 1. The molecule has 0 fully saturated rings. The summed E-state index contributed by atoms with van der Waals surface area (Å²) in [7, 11) is 0. The van der Waals surface area contributed by atoms with E-state index in [4.69, 9.17) is 11.6 Å². The minimum atomic E-state index is -4.09. The summed E-state index contributed by atoms with van der Waals surface area (Å²) < 4.78 is 53.9. The summed E-state index contributed by atoms with van der Waals surface area (Å²) in [5.74, 6) is -9.47. The first kappa shape index (κ1) is 15.6. The lowest BCUT2D eigenvalue weighted by atomic mass is 9.97. The second kappa shape index (κ2) is 4.92. The molecule has 7 heteroatoms. The fourth-order valence-corrected chi connectivity index (χ4v) is 1.57. The van der Waals surface area contributed by atoms with Crippen molar-refractivity contribution in [1.82, 2.24) is 0 Å².